The molecule has 0 aliphatic rings. The predicted molar refractivity (Wildman–Crippen MR) is 56.7 cm³/mol. The van der Waals surface area contributed by atoms with Crippen molar-refractivity contribution in [1.82, 2.24) is 5.32 Å². The van der Waals surface area contributed by atoms with Gasteiger partial charge in [-0.15, -0.1) is 0 Å². The molecule has 0 fully saturated rings. The minimum Gasteiger partial charge on any atom is -0.550 e. The van der Waals surface area contributed by atoms with Crippen molar-refractivity contribution in [3.05, 3.63) is 0 Å². The first kappa shape index (κ1) is 26.4. The molecule has 7 N–H and O–H groups in total. The molecule has 0 aromatic heterocycles. The molecule has 0 spiro atoms. The summed E-state index contributed by atoms with van der Waals surface area (Å²) in [4.78, 5) is 21.3. The molecular formula is C9H20NNaO7. The van der Waals surface area contributed by atoms with Gasteiger partial charge in [0, 0.05) is 24.3 Å². The van der Waals surface area contributed by atoms with Crippen LogP contribution in [0.15, 0.2) is 0 Å². The second-order valence-electron chi connectivity index (χ2n) is 3.96. The van der Waals surface area contributed by atoms with Gasteiger partial charge in [-0.1, -0.05) is 13.8 Å². The Morgan fingerprint density at radius 2 is 1.78 bits per heavy atom. The quantitative estimate of drug-likeness (QED) is 0.408. The van der Waals surface area contributed by atoms with Crippen LogP contribution in [0, 0.1) is 5.41 Å². The molecule has 0 aromatic carbocycles. The van der Waals surface area contributed by atoms with Crippen molar-refractivity contribution in [2.24, 2.45) is 5.41 Å². The molecule has 0 aliphatic heterocycles. The Bertz CT molecular complexity index is 247. The first-order valence-corrected chi connectivity index (χ1v) is 4.57. The summed E-state index contributed by atoms with van der Waals surface area (Å²) in [6.07, 6.45) is -1.68. The molecule has 9 heteroatoms. The van der Waals surface area contributed by atoms with E-state index in [1.54, 1.807) is 0 Å². The van der Waals surface area contributed by atoms with Crippen LogP contribution in [0.3, 0.4) is 0 Å². The van der Waals surface area contributed by atoms with Gasteiger partial charge in [-0.3, -0.25) is 4.79 Å². The molecule has 1 amide bonds. The monoisotopic (exact) mass is 277 g/mol. The summed E-state index contributed by atoms with van der Waals surface area (Å²) >= 11 is 0. The van der Waals surface area contributed by atoms with E-state index in [1.165, 1.54) is 13.8 Å². The second kappa shape index (κ2) is 11.8. The van der Waals surface area contributed by atoms with Gasteiger partial charge in [-0.05, 0) is 0 Å². The van der Waals surface area contributed by atoms with Crippen LogP contribution >= 0.6 is 0 Å². The summed E-state index contributed by atoms with van der Waals surface area (Å²) in [5, 5.41) is 30.6. The molecule has 0 bridgehead atoms. The van der Waals surface area contributed by atoms with Gasteiger partial charge in [0.05, 0.1) is 6.61 Å². The van der Waals surface area contributed by atoms with Crippen LogP contribution in [0.1, 0.15) is 20.3 Å². The number of hydrogen-bond acceptors (Lipinski definition) is 5. The van der Waals surface area contributed by atoms with Crippen LogP contribution < -0.4 is 40.0 Å². The molecule has 0 heterocycles. The summed E-state index contributed by atoms with van der Waals surface area (Å²) in [5.41, 5.74) is -0.953. The van der Waals surface area contributed by atoms with Gasteiger partial charge < -0.3 is 36.4 Å². The third kappa shape index (κ3) is 9.77. The van der Waals surface area contributed by atoms with Crippen molar-refractivity contribution in [3.8, 4) is 0 Å². The molecule has 0 unspecified atom stereocenters. The maximum absolute atomic E-state index is 11.2. The maximum Gasteiger partial charge on any atom is 1.00 e. The van der Waals surface area contributed by atoms with Crippen molar-refractivity contribution in [2.45, 2.75) is 26.4 Å². The zero-order valence-corrected chi connectivity index (χ0v) is 12.8. The Hall–Kier alpha value is -0.220. The van der Waals surface area contributed by atoms with E-state index in [4.69, 9.17) is 5.11 Å². The number of nitrogens with one attached hydrogen (secondary N) is 1. The van der Waals surface area contributed by atoms with E-state index < -0.39 is 23.4 Å². The molecule has 0 radical (unpaired) electrons. The molecule has 0 saturated heterocycles. The van der Waals surface area contributed by atoms with Crippen molar-refractivity contribution >= 4 is 11.9 Å². The van der Waals surface area contributed by atoms with Gasteiger partial charge in [-0.25, -0.2) is 0 Å². The number of rotatable bonds is 6. The van der Waals surface area contributed by atoms with Crippen molar-refractivity contribution in [2.75, 3.05) is 13.2 Å². The zero-order chi connectivity index (χ0) is 12.1. The third-order valence-corrected chi connectivity index (χ3v) is 2.02. The number of carbonyl (C=O) groups excluding carboxylic acids is 2. The van der Waals surface area contributed by atoms with Crippen molar-refractivity contribution in [1.29, 1.82) is 0 Å². The molecule has 104 valence electrons. The first-order valence-electron chi connectivity index (χ1n) is 4.57. The molecule has 0 aromatic rings. The predicted octanol–water partition coefficient (Wildman–Crippen LogP) is -7.02. The van der Waals surface area contributed by atoms with Gasteiger partial charge in [0.2, 0.25) is 5.91 Å². The normalized spacial score (nSPS) is 11.1. The van der Waals surface area contributed by atoms with Crippen LogP contribution in [-0.4, -0.2) is 52.3 Å². The van der Waals surface area contributed by atoms with Crippen molar-refractivity contribution < 1.29 is 65.4 Å². The number of aliphatic hydroxyl groups excluding tert-OH is 2. The second-order valence-corrected chi connectivity index (χ2v) is 3.96. The molecule has 18 heavy (non-hydrogen) atoms. The zero-order valence-electron chi connectivity index (χ0n) is 10.8. The van der Waals surface area contributed by atoms with Gasteiger partial charge in [0.1, 0.15) is 6.10 Å². The fraction of sp³-hybridized carbons (Fsp3) is 0.778. The number of aliphatic hydroxyl groups is 2. The molecular weight excluding hydrogens is 257 g/mol. The van der Waals surface area contributed by atoms with E-state index >= 15 is 0 Å². The van der Waals surface area contributed by atoms with E-state index in [-0.39, 0.29) is 60.1 Å². The largest absolute Gasteiger partial charge is 1.00 e. The van der Waals surface area contributed by atoms with E-state index in [2.05, 4.69) is 5.32 Å². The summed E-state index contributed by atoms with van der Waals surface area (Å²) in [6.45, 7) is 2.60. The minimum absolute atomic E-state index is 0. The fourth-order valence-corrected chi connectivity index (χ4v) is 0.826. The van der Waals surface area contributed by atoms with Crippen LogP contribution in [0.2, 0.25) is 0 Å². The smallest absolute Gasteiger partial charge is 0.550 e. The number of amides is 1. The molecule has 8 nitrogen and oxygen atoms in total. The summed E-state index contributed by atoms with van der Waals surface area (Å²) in [5.74, 6) is -1.97. The SMILES string of the molecule is CC(C)(CO)[C@@H](O)C(=O)NCCC(=O)[O-].O.O.[Na+]. The Labute approximate surface area is 127 Å². The number of carboxylic acid groups (broad SMARTS) is 1. The molecule has 0 aliphatic carbocycles. The topological polar surface area (TPSA) is 173 Å². The number of carbonyl (C=O) groups is 2. The first-order chi connectivity index (χ1) is 6.81. The van der Waals surface area contributed by atoms with Crippen LogP contribution in [-0.2, 0) is 9.59 Å². The van der Waals surface area contributed by atoms with Gasteiger partial charge in [-0.2, -0.15) is 0 Å². The van der Waals surface area contributed by atoms with E-state index in [1.807, 2.05) is 0 Å². The van der Waals surface area contributed by atoms with E-state index in [9.17, 15) is 19.8 Å². The third-order valence-electron chi connectivity index (χ3n) is 2.02. The number of hydrogen-bond donors (Lipinski definition) is 3. The van der Waals surface area contributed by atoms with Crippen LogP contribution in [0.25, 0.3) is 0 Å². The maximum atomic E-state index is 11.2. The Morgan fingerprint density at radius 1 is 1.33 bits per heavy atom. The molecule has 0 saturated carbocycles. The molecule has 0 rings (SSSR count). The summed E-state index contributed by atoms with van der Waals surface area (Å²) in [7, 11) is 0. The van der Waals surface area contributed by atoms with Gasteiger partial charge >= 0.3 is 29.6 Å². The Kier molecular flexibility index (Phi) is 17.4. The summed E-state index contributed by atoms with van der Waals surface area (Å²) in [6, 6.07) is 0. The van der Waals surface area contributed by atoms with Gasteiger partial charge in [0.15, 0.2) is 0 Å². The standard InChI is InChI=1S/C9H17NO5.Na.2H2O/c1-9(2,5-11)7(14)8(15)10-4-3-6(12)13;;;/h7,11,14H,3-5H2,1-2H3,(H,10,15)(H,12,13);;2*1H2/q;+1;;/p-1/t7-;;;/m0.../s1. The molecule has 1 atom stereocenters. The minimum atomic E-state index is -1.37. The summed E-state index contributed by atoms with van der Waals surface area (Å²) < 4.78 is 0. The average molecular weight is 277 g/mol. The Morgan fingerprint density at radius 3 is 2.11 bits per heavy atom. The average Bonchev–Trinajstić information content (AvgIpc) is 2.15. The Balaban J connectivity index is -0.000000327. The van der Waals surface area contributed by atoms with Crippen LogP contribution in [0.5, 0.6) is 0 Å². The van der Waals surface area contributed by atoms with Crippen molar-refractivity contribution in [3.63, 3.8) is 0 Å². The number of aliphatic carboxylic acids is 1. The van der Waals surface area contributed by atoms with Crippen LogP contribution in [0.4, 0.5) is 0 Å². The van der Waals surface area contributed by atoms with E-state index in [0.29, 0.717) is 0 Å². The fourth-order valence-electron chi connectivity index (χ4n) is 0.826. The van der Waals surface area contributed by atoms with E-state index in [0.717, 1.165) is 0 Å². The van der Waals surface area contributed by atoms with Gasteiger partial charge in [0.25, 0.3) is 0 Å². The number of carboxylic acids is 1.